The van der Waals surface area contributed by atoms with E-state index in [0.29, 0.717) is 12.5 Å². The van der Waals surface area contributed by atoms with Gasteiger partial charge in [-0.25, -0.2) is 13.1 Å². The van der Waals surface area contributed by atoms with Crippen LogP contribution in [0.4, 0.5) is 0 Å². The summed E-state index contributed by atoms with van der Waals surface area (Å²) in [6.07, 6.45) is 2.05. The molecule has 6 heteroatoms. The number of nitrogens with zero attached hydrogens (tertiary/aromatic N) is 1. The predicted octanol–water partition coefficient (Wildman–Crippen LogP) is -0.833. The number of rotatable bonds is 5. The van der Waals surface area contributed by atoms with E-state index >= 15 is 0 Å². The molecule has 1 unspecified atom stereocenters. The summed E-state index contributed by atoms with van der Waals surface area (Å²) in [4.78, 5) is 0. The summed E-state index contributed by atoms with van der Waals surface area (Å²) in [6, 6.07) is 1.42. The van der Waals surface area contributed by atoms with Crippen LogP contribution in [0.1, 0.15) is 12.8 Å². The van der Waals surface area contributed by atoms with Crippen molar-refractivity contribution in [2.45, 2.75) is 18.9 Å². The summed E-state index contributed by atoms with van der Waals surface area (Å²) in [5.41, 5.74) is 5.41. The third-order valence-electron chi connectivity index (χ3n) is 2.03. The van der Waals surface area contributed by atoms with Crippen LogP contribution in [0.5, 0.6) is 0 Å². The Morgan fingerprint density at radius 1 is 1.62 bits per heavy atom. The van der Waals surface area contributed by atoms with Crippen LogP contribution < -0.4 is 10.5 Å². The summed E-state index contributed by atoms with van der Waals surface area (Å²) >= 11 is 0. The van der Waals surface area contributed by atoms with Gasteiger partial charge in [0.1, 0.15) is 0 Å². The monoisotopic (exact) mass is 203 g/mol. The first-order chi connectivity index (χ1) is 6.09. The molecule has 13 heavy (non-hydrogen) atoms. The van der Waals surface area contributed by atoms with Gasteiger partial charge >= 0.3 is 0 Å². The quantitative estimate of drug-likeness (QED) is 0.609. The zero-order chi connectivity index (χ0) is 9.90. The van der Waals surface area contributed by atoms with Gasteiger partial charge in [0.2, 0.25) is 10.0 Å². The van der Waals surface area contributed by atoms with Crippen molar-refractivity contribution >= 4 is 10.0 Å². The number of hydrogen-bond donors (Lipinski definition) is 2. The van der Waals surface area contributed by atoms with Crippen LogP contribution >= 0.6 is 0 Å². The molecule has 1 saturated carbocycles. The molecular weight excluding hydrogens is 190 g/mol. The van der Waals surface area contributed by atoms with E-state index < -0.39 is 15.8 Å². The van der Waals surface area contributed by atoms with Crippen LogP contribution in [0.2, 0.25) is 0 Å². The Morgan fingerprint density at radius 3 is 2.62 bits per heavy atom. The largest absolute Gasteiger partial charge is 0.329 e. The minimum Gasteiger partial charge on any atom is -0.329 e. The number of sulfonamides is 1. The lowest BCUT2D eigenvalue weighted by atomic mass is 10.2. The van der Waals surface area contributed by atoms with Gasteiger partial charge in [0.05, 0.1) is 6.07 Å². The van der Waals surface area contributed by atoms with Crippen molar-refractivity contribution in [1.82, 2.24) is 4.72 Å². The molecule has 0 bridgehead atoms. The molecule has 0 aromatic carbocycles. The standard InChI is InChI=1S/C7H13N3O2S/c8-3-4-13(11,12)10-7(5-9)6-1-2-6/h6-7,10H,1-2,4-5,9H2. The molecule has 0 aliphatic heterocycles. The van der Waals surface area contributed by atoms with Gasteiger partial charge < -0.3 is 5.73 Å². The van der Waals surface area contributed by atoms with E-state index in [2.05, 4.69) is 4.72 Å². The van der Waals surface area contributed by atoms with Gasteiger partial charge in [-0.05, 0) is 18.8 Å². The Hall–Kier alpha value is -0.640. The van der Waals surface area contributed by atoms with Crippen LogP contribution in [0.3, 0.4) is 0 Å². The molecule has 0 aromatic heterocycles. The minimum atomic E-state index is -3.44. The normalized spacial score (nSPS) is 19.4. The van der Waals surface area contributed by atoms with Crippen molar-refractivity contribution in [1.29, 1.82) is 5.26 Å². The molecule has 74 valence electrons. The lowest BCUT2D eigenvalue weighted by molar-refractivity contribution is 0.521. The molecule has 0 aromatic rings. The van der Waals surface area contributed by atoms with Gasteiger partial charge in [-0.15, -0.1) is 0 Å². The topological polar surface area (TPSA) is 96.0 Å². The van der Waals surface area contributed by atoms with Crippen molar-refractivity contribution in [2.24, 2.45) is 11.7 Å². The van der Waals surface area contributed by atoms with Crippen molar-refractivity contribution in [3.05, 3.63) is 0 Å². The molecular formula is C7H13N3O2S. The number of nitrogens with one attached hydrogen (secondary N) is 1. The van der Waals surface area contributed by atoms with Crippen LogP contribution in [0.15, 0.2) is 0 Å². The van der Waals surface area contributed by atoms with E-state index in [1.54, 1.807) is 6.07 Å². The van der Waals surface area contributed by atoms with Gasteiger partial charge in [-0.2, -0.15) is 5.26 Å². The van der Waals surface area contributed by atoms with Gasteiger partial charge in [-0.1, -0.05) is 0 Å². The Morgan fingerprint density at radius 2 is 2.23 bits per heavy atom. The molecule has 0 saturated heterocycles. The van der Waals surface area contributed by atoms with Crippen LogP contribution in [-0.4, -0.2) is 26.8 Å². The third kappa shape index (κ3) is 3.30. The molecule has 1 aliphatic rings. The average molecular weight is 203 g/mol. The Labute approximate surface area is 78.0 Å². The van der Waals surface area contributed by atoms with Gasteiger partial charge in [0.15, 0.2) is 5.75 Å². The smallest absolute Gasteiger partial charge is 0.225 e. The predicted molar refractivity (Wildman–Crippen MR) is 48.1 cm³/mol. The number of nitrogens with two attached hydrogens (primary N) is 1. The number of nitriles is 1. The molecule has 1 fully saturated rings. The molecule has 0 spiro atoms. The van der Waals surface area contributed by atoms with Crippen molar-refractivity contribution in [2.75, 3.05) is 12.3 Å². The zero-order valence-electron chi connectivity index (χ0n) is 7.23. The van der Waals surface area contributed by atoms with Crippen molar-refractivity contribution in [3.8, 4) is 6.07 Å². The highest BCUT2D eigenvalue weighted by molar-refractivity contribution is 7.89. The van der Waals surface area contributed by atoms with E-state index in [9.17, 15) is 8.42 Å². The van der Waals surface area contributed by atoms with Gasteiger partial charge in [-0.3, -0.25) is 0 Å². The summed E-state index contributed by atoms with van der Waals surface area (Å²) in [5, 5.41) is 8.24. The van der Waals surface area contributed by atoms with Crippen LogP contribution in [-0.2, 0) is 10.0 Å². The van der Waals surface area contributed by atoms with Crippen molar-refractivity contribution in [3.63, 3.8) is 0 Å². The molecule has 1 rings (SSSR count). The summed E-state index contributed by atoms with van der Waals surface area (Å²) in [6.45, 7) is 0.301. The molecule has 1 aliphatic carbocycles. The molecule has 0 radical (unpaired) electrons. The second-order valence-electron chi connectivity index (χ2n) is 3.21. The molecule has 0 heterocycles. The summed E-state index contributed by atoms with van der Waals surface area (Å²) in [7, 11) is -3.44. The zero-order valence-corrected chi connectivity index (χ0v) is 8.05. The first-order valence-electron chi connectivity index (χ1n) is 4.16. The molecule has 0 amide bonds. The fourth-order valence-electron chi connectivity index (χ4n) is 1.19. The highest BCUT2D eigenvalue weighted by Gasteiger charge is 2.32. The van der Waals surface area contributed by atoms with Crippen LogP contribution in [0.25, 0.3) is 0 Å². The Balaban J connectivity index is 2.50. The fourth-order valence-corrected chi connectivity index (χ4v) is 2.20. The van der Waals surface area contributed by atoms with E-state index in [1.165, 1.54) is 0 Å². The average Bonchev–Trinajstić information content (AvgIpc) is 2.82. The van der Waals surface area contributed by atoms with Gasteiger partial charge in [0.25, 0.3) is 0 Å². The number of hydrogen-bond acceptors (Lipinski definition) is 4. The van der Waals surface area contributed by atoms with E-state index in [0.717, 1.165) is 12.8 Å². The second kappa shape index (κ2) is 4.05. The van der Waals surface area contributed by atoms with Crippen LogP contribution in [0, 0.1) is 17.2 Å². The minimum absolute atomic E-state index is 0.182. The SMILES string of the molecule is N#CCS(=O)(=O)NC(CN)C1CC1. The maximum atomic E-state index is 11.1. The summed E-state index contributed by atoms with van der Waals surface area (Å²) in [5.74, 6) is -0.116. The third-order valence-corrected chi connectivity index (χ3v) is 3.20. The highest BCUT2D eigenvalue weighted by atomic mass is 32.2. The van der Waals surface area contributed by atoms with Crippen molar-refractivity contribution < 1.29 is 8.42 Å². The van der Waals surface area contributed by atoms with E-state index in [1.807, 2.05) is 0 Å². The molecule has 1 atom stereocenters. The first kappa shape index (κ1) is 10.4. The van der Waals surface area contributed by atoms with E-state index in [4.69, 9.17) is 11.0 Å². The second-order valence-corrected chi connectivity index (χ2v) is 4.97. The first-order valence-corrected chi connectivity index (χ1v) is 5.81. The van der Waals surface area contributed by atoms with E-state index in [-0.39, 0.29) is 6.04 Å². The Bertz CT molecular complexity index is 302. The lowest BCUT2D eigenvalue weighted by Gasteiger charge is -2.14. The lowest BCUT2D eigenvalue weighted by Crippen LogP contribution is -2.42. The maximum Gasteiger partial charge on any atom is 0.225 e. The highest BCUT2D eigenvalue weighted by Crippen LogP contribution is 2.32. The summed E-state index contributed by atoms with van der Waals surface area (Å²) < 4.78 is 24.7. The Kier molecular flexibility index (Phi) is 3.25. The molecule has 3 N–H and O–H groups in total. The molecule has 5 nitrogen and oxygen atoms in total. The van der Waals surface area contributed by atoms with Gasteiger partial charge in [0, 0.05) is 12.6 Å². The fraction of sp³-hybridized carbons (Fsp3) is 0.857. The maximum absolute atomic E-state index is 11.1.